The molecule has 1 amide bonds. The number of aryl methyl sites for hydroxylation is 1. The van der Waals surface area contributed by atoms with E-state index in [1.807, 2.05) is 25.1 Å². The summed E-state index contributed by atoms with van der Waals surface area (Å²) < 4.78 is 5.35. The Labute approximate surface area is 127 Å². The zero-order valence-corrected chi connectivity index (χ0v) is 13.2. The van der Waals surface area contributed by atoms with Crippen LogP contribution in [0.4, 0.5) is 0 Å². The average Bonchev–Trinajstić information content (AvgIpc) is 2.79. The van der Waals surface area contributed by atoms with Gasteiger partial charge in [-0.15, -0.1) is 0 Å². The van der Waals surface area contributed by atoms with Gasteiger partial charge >= 0.3 is 0 Å². The minimum absolute atomic E-state index is 0.00874. The van der Waals surface area contributed by atoms with E-state index in [0.717, 1.165) is 12.8 Å². The Morgan fingerprint density at radius 3 is 2.67 bits per heavy atom. The predicted molar refractivity (Wildman–Crippen MR) is 83.9 cm³/mol. The van der Waals surface area contributed by atoms with Crippen molar-refractivity contribution in [3.05, 3.63) is 35.9 Å². The third kappa shape index (κ3) is 3.83. The van der Waals surface area contributed by atoms with Crippen LogP contribution in [0.1, 0.15) is 32.8 Å². The lowest BCUT2D eigenvalue weighted by Crippen LogP contribution is -2.55. The predicted octanol–water partition coefficient (Wildman–Crippen LogP) is 1.88. The van der Waals surface area contributed by atoms with Crippen molar-refractivity contribution in [1.29, 1.82) is 0 Å². The maximum Gasteiger partial charge on any atom is 0.230 e. The van der Waals surface area contributed by atoms with Crippen LogP contribution < -0.4 is 11.1 Å². The first-order valence-corrected chi connectivity index (χ1v) is 7.53. The molecule has 0 radical (unpaired) electrons. The molecular formula is C17H26N2O2. The molecular weight excluding hydrogens is 264 g/mol. The normalized spacial score (nSPS) is 25.8. The van der Waals surface area contributed by atoms with Crippen molar-refractivity contribution in [1.82, 2.24) is 5.32 Å². The van der Waals surface area contributed by atoms with Crippen molar-refractivity contribution in [2.45, 2.75) is 45.2 Å². The molecule has 116 valence electrons. The molecule has 1 saturated heterocycles. The largest absolute Gasteiger partial charge is 0.379 e. The number of carbonyl (C=O) groups excluding carboxylic acids is 1. The summed E-state index contributed by atoms with van der Waals surface area (Å²) in [5.74, 6) is -0.00874. The minimum Gasteiger partial charge on any atom is -0.379 e. The number of hydrogen-bond acceptors (Lipinski definition) is 3. The number of nitrogens with two attached hydrogens (primary N) is 1. The van der Waals surface area contributed by atoms with E-state index in [1.54, 1.807) is 0 Å². The van der Waals surface area contributed by atoms with Gasteiger partial charge in [-0.3, -0.25) is 4.79 Å². The summed E-state index contributed by atoms with van der Waals surface area (Å²) in [5.41, 5.74) is 6.41. The number of benzene rings is 1. The second-order valence-electron chi connectivity index (χ2n) is 6.86. The third-order valence-corrected chi connectivity index (χ3v) is 4.37. The number of rotatable bonds is 5. The van der Waals surface area contributed by atoms with Gasteiger partial charge in [-0.25, -0.2) is 0 Å². The topological polar surface area (TPSA) is 64.3 Å². The summed E-state index contributed by atoms with van der Waals surface area (Å²) in [6, 6.07) is 10.1. The molecule has 0 saturated carbocycles. The molecule has 0 spiro atoms. The fourth-order valence-electron chi connectivity index (χ4n) is 2.54. The maximum atomic E-state index is 12.5. The summed E-state index contributed by atoms with van der Waals surface area (Å²) in [6.45, 7) is 6.84. The third-order valence-electron chi connectivity index (χ3n) is 4.37. The molecule has 1 aliphatic rings. The van der Waals surface area contributed by atoms with Crippen LogP contribution in [0, 0.1) is 5.41 Å². The van der Waals surface area contributed by atoms with Crippen LogP contribution in [0.2, 0.25) is 0 Å². The molecule has 0 aliphatic carbocycles. The van der Waals surface area contributed by atoms with E-state index < -0.39 is 5.41 Å². The summed E-state index contributed by atoms with van der Waals surface area (Å²) >= 11 is 0. The molecule has 1 aliphatic heterocycles. The van der Waals surface area contributed by atoms with Gasteiger partial charge in [0.05, 0.1) is 18.6 Å². The number of amides is 1. The summed E-state index contributed by atoms with van der Waals surface area (Å²) in [6.07, 6.45) is 1.82. The van der Waals surface area contributed by atoms with E-state index in [0.29, 0.717) is 13.2 Å². The van der Waals surface area contributed by atoms with E-state index in [9.17, 15) is 4.79 Å². The molecule has 4 heteroatoms. The van der Waals surface area contributed by atoms with E-state index in [-0.39, 0.29) is 17.5 Å². The van der Waals surface area contributed by atoms with Crippen LogP contribution in [0.25, 0.3) is 0 Å². The van der Waals surface area contributed by atoms with E-state index in [2.05, 4.69) is 31.3 Å². The fourth-order valence-corrected chi connectivity index (χ4v) is 2.54. The molecule has 0 aromatic heterocycles. The molecule has 2 unspecified atom stereocenters. The lowest BCUT2D eigenvalue weighted by molar-refractivity contribution is -0.132. The first kappa shape index (κ1) is 16.0. The van der Waals surface area contributed by atoms with Crippen molar-refractivity contribution >= 4 is 5.91 Å². The van der Waals surface area contributed by atoms with Gasteiger partial charge in [0.2, 0.25) is 5.91 Å². The molecule has 1 aromatic carbocycles. The standard InChI is InChI=1S/C17H26N2O2/c1-16(2,10-9-13-7-5-4-6-8-13)19-15(20)17(3)12-21-11-14(17)18/h4-8,14H,9-12,18H2,1-3H3,(H,19,20). The second kappa shape index (κ2) is 6.16. The van der Waals surface area contributed by atoms with Crippen LogP contribution in [0.5, 0.6) is 0 Å². The van der Waals surface area contributed by atoms with E-state index in [1.165, 1.54) is 5.56 Å². The second-order valence-corrected chi connectivity index (χ2v) is 6.86. The highest BCUT2D eigenvalue weighted by molar-refractivity contribution is 5.84. The Bertz CT molecular complexity index is 487. The smallest absolute Gasteiger partial charge is 0.230 e. The van der Waals surface area contributed by atoms with Gasteiger partial charge in [0.15, 0.2) is 0 Å². The molecule has 0 bridgehead atoms. The first-order valence-electron chi connectivity index (χ1n) is 7.53. The summed E-state index contributed by atoms with van der Waals surface area (Å²) in [7, 11) is 0. The van der Waals surface area contributed by atoms with Crippen molar-refractivity contribution in [2.24, 2.45) is 11.1 Å². The summed E-state index contributed by atoms with van der Waals surface area (Å²) in [4.78, 5) is 12.5. The van der Waals surface area contributed by atoms with Crippen molar-refractivity contribution in [3.8, 4) is 0 Å². The van der Waals surface area contributed by atoms with Gasteiger partial charge in [0, 0.05) is 11.6 Å². The Morgan fingerprint density at radius 2 is 2.10 bits per heavy atom. The van der Waals surface area contributed by atoms with Gasteiger partial charge < -0.3 is 15.8 Å². The maximum absolute atomic E-state index is 12.5. The van der Waals surface area contributed by atoms with Crippen LogP contribution in [-0.2, 0) is 16.0 Å². The number of hydrogen-bond donors (Lipinski definition) is 2. The lowest BCUT2D eigenvalue weighted by atomic mass is 9.83. The van der Waals surface area contributed by atoms with E-state index >= 15 is 0 Å². The van der Waals surface area contributed by atoms with Crippen molar-refractivity contribution < 1.29 is 9.53 Å². The molecule has 1 aromatic rings. The molecule has 1 fully saturated rings. The van der Waals surface area contributed by atoms with Crippen LogP contribution in [0.15, 0.2) is 30.3 Å². The van der Waals surface area contributed by atoms with Crippen molar-refractivity contribution in [2.75, 3.05) is 13.2 Å². The lowest BCUT2D eigenvalue weighted by Gasteiger charge is -2.33. The Kier molecular flexibility index (Phi) is 4.69. The number of ether oxygens (including phenoxy) is 1. The van der Waals surface area contributed by atoms with Gasteiger partial charge in [-0.1, -0.05) is 30.3 Å². The molecule has 2 rings (SSSR count). The van der Waals surface area contributed by atoms with Crippen molar-refractivity contribution in [3.63, 3.8) is 0 Å². The zero-order valence-electron chi connectivity index (χ0n) is 13.2. The SMILES string of the molecule is CC(C)(CCc1ccccc1)NC(=O)C1(C)COCC1N. The van der Waals surface area contributed by atoms with E-state index in [4.69, 9.17) is 10.5 Å². The Morgan fingerprint density at radius 1 is 1.43 bits per heavy atom. The first-order chi connectivity index (χ1) is 9.83. The van der Waals surface area contributed by atoms with Crippen LogP contribution in [0.3, 0.4) is 0 Å². The highest BCUT2D eigenvalue weighted by Crippen LogP contribution is 2.28. The quantitative estimate of drug-likeness (QED) is 0.870. The summed E-state index contributed by atoms with van der Waals surface area (Å²) in [5, 5.41) is 3.14. The highest BCUT2D eigenvalue weighted by Gasteiger charge is 2.45. The Balaban J connectivity index is 1.92. The van der Waals surface area contributed by atoms with Gasteiger partial charge in [-0.05, 0) is 39.2 Å². The highest BCUT2D eigenvalue weighted by atomic mass is 16.5. The molecule has 4 nitrogen and oxygen atoms in total. The van der Waals surface area contributed by atoms with Gasteiger partial charge in [-0.2, -0.15) is 0 Å². The van der Waals surface area contributed by atoms with Crippen LogP contribution in [-0.4, -0.2) is 30.7 Å². The number of nitrogens with one attached hydrogen (secondary N) is 1. The molecule has 21 heavy (non-hydrogen) atoms. The monoisotopic (exact) mass is 290 g/mol. The molecule has 3 N–H and O–H groups in total. The fraction of sp³-hybridized carbons (Fsp3) is 0.588. The number of carbonyl (C=O) groups is 1. The van der Waals surface area contributed by atoms with Crippen LogP contribution >= 0.6 is 0 Å². The van der Waals surface area contributed by atoms with Gasteiger partial charge in [0.25, 0.3) is 0 Å². The Hall–Kier alpha value is -1.39. The zero-order chi connectivity index (χ0) is 15.5. The minimum atomic E-state index is -0.621. The molecule has 2 atom stereocenters. The average molecular weight is 290 g/mol. The molecule has 1 heterocycles. The van der Waals surface area contributed by atoms with Gasteiger partial charge in [0.1, 0.15) is 0 Å².